The van der Waals surface area contributed by atoms with Gasteiger partial charge in [-0.2, -0.15) is 0 Å². The van der Waals surface area contributed by atoms with Crippen LogP contribution in [0.4, 0.5) is 17.1 Å². The van der Waals surface area contributed by atoms with Crippen molar-refractivity contribution in [2.75, 3.05) is 10.6 Å². The molecule has 2 aromatic carbocycles. The van der Waals surface area contributed by atoms with Gasteiger partial charge in [0.1, 0.15) is 11.4 Å². The molecule has 4 N–H and O–H groups in total. The molecule has 0 unspecified atom stereocenters. The molecule has 0 radical (unpaired) electrons. The van der Waals surface area contributed by atoms with Crippen LogP contribution in [-0.2, 0) is 0 Å². The van der Waals surface area contributed by atoms with E-state index in [1.807, 2.05) is 32.1 Å². The average molecular weight is 420 g/mol. The molecule has 31 heavy (non-hydrogen) atoms. The van der Waals surface area contributed by atoms with Crippen molar-refractivity contribution in [1.82, 2.24) is 0 Å². The van der Waals surface area contributed by atoms with Crippen molar-refractivity contribution >= 4 is 23.0 Å². The van der Waals surface area contributed by atoms with Gasteiger partial charge in [0.2, 0.25) is 0 Å². The first-order valence-electron chi connectivity index (χ1n) is 10.2. The summed E-state index contributed by atoms with van der Waals surface area (Å²) in [5, 5.41) is 6.26. The van der Waals surface area contributed by atoms with Gasteiger partial charge in [0, 0.05) is 0 Å². The number of rotatable bonds is 6. The molecule has 0 spiro atoms. The van der Waals surface area contributed by atoms with Crippen molar-refractivity contribution in [2.45, 2.75) is 47.6 Å². The van der Waals surface area contributed by atoms with Crippen molar-refractivity contribution in [1.29, 1.82) is 0 Å². The van der Waals surface area contributed by atoms with E-state index in [0.29, 0.717) is 11.3 Å². The summed E-state index contributed by atoms with van der Waals surface area (Å²) in [6.07, 6.45) is 3.99. The number of nitrogens with one attached hydrogen (secondary N) is 2. The average Bonchev–Trinajstić information content (AvgIpc) is 3.00. The molecular weight excluding hydrogens is 390 g/mol. The van der Waals surface area contributed by atoms with E-state index in [0.717, 1.165) is 27.8 Å². The molecule has 1 aliphatic carbocycles. The van der Waals surface area contributed by atoms with E-state index in [1.165, 1.54) is 0 Å². The zero-order valence-electron chi connectivity index (χ0n) is 18.9. The summed E-state index contributed by atoms with van der Waals surface area (Å²) in [7, 11) is 0. The number of aryl methyl sites for hydroxylation is 1. The Morgan fingerprint density at radius 2 is 1.65 bits per heavy atom. The fourth-order valence-corrected chi connectivity index (χ4v) is 3.84. The van der Waals surface area contributed by atoms with Crippen molar-refractivity contribution in [3.05, 3.63) is 84.7 Å². The number of carbonyl (C=O) groups is 1. The summed E-state index contributed by atoms with van der Waals surface area (Å²) in [6, 6.07) is 3.29. The summed E-state index contributed by atoms with van der Waals surface area (Å²) in [5.74, 6) is -0.599. The zero-order valence-corrected chi connectivity index (χ0v) is 18.9. The third-order valence-electron chi connectivity index (χ3n) is 5.96. The van der Waals surface area contributed by atoms with Crippen molar-refractivity contribution in [3.63, 3.8) is 0 Å². The van der Waals surface area contributed by atoms with Gasteiger partial charge in [-0.1, -0.05) is 45.6 Å². The fraction of sp³-hybridized carbons (Fsp3) is 0.320. The lowest BCUT2D eigenvalue weighted by atomic mass is 9.79. The number of hydrogen-bond donors (Lipinski definition) is 3. The molecule has 6 nitrogen and oxygen atoms in total. The van der Waals surface area contributed by atoms with Gasteiger partial charge in [-0.15, -0.1) is 0 Å². The Morgan fingerprint density at radius 1 is 1.03 bits per heavy atom. The lowest BCUT2D eigenvalue weighted by Crippen LogP contribution is -2.43. The molecule has 1 amide bonds. The van der Waals surface area contributed by atoms with Crippen LogP contribution in [0.25, 0.3) is 0 Å². The van der Waals surface area contributed by atoms with E-state index in [1.54, 1.807) is 13.0 Å². The lowest BCUT2D eigenvalue weighted by Gasteiger charge is -2.35. The van der Waals surface area contributed by atoms with E-state index in [-0.39, 0.29) is 22.8 Å². The molecule has 0 aliphatic heterocycles. The van der Waals surface area contributed by atoms with Gasteiger partial charge in [0.15, 0.2) is 0 Å². The minimum atomic E-state index is -0.627. The van der Waals surface area contributed by atoms with Gasteiger partial charge in [-0.25, -0.2) is 0 Å². The molecule has 3 rings (SSSR count). The third-order valence-corrected chi connectivity index (χ3v) is 5.96. The summed E-state index contributed by atoms with van der Waals surface area (Å²) >= 11 is 0. The molecule has 0 aromatic heterocycles. The number of benzene rings is 1. The quantitative estimate of drug-likeness (QED) is 0.614. The highest BCUT2D eigenvalue weighted by molar-refractivity contribution is 6.01. The van der Waals surface area contributed by atoms with Crippen molar-refractivity contribution in [3.8, 4) is 0 Å². The maximum Gasteiger partial charge on any atom is 0.253 e. The van der Waals surface area contributed by atoms with Gasteiger partial charge in [0.25, 0.3) is 16.8 Å². The van der Waals surface area contributed by atoms with Crippen LogP contribution in [0.1, 0.15) is 49.2 Å². The molecule has 1 aliphatic rings. The maximum absolute atomic E-state index is 12.5. The molecule has 2 aromatic rings. The molecule has 0 bridgehead atoms. The summed E-state index contributed by atoms with van der Waals surface area (Å²) in [5.41, 5.74) is 9.74. The molecule has 1 atom stereocenters. The Kier molecular flexibility index (Phi) is 5.53. The number of carbonyl (C=O) groups excluding carboxylic acids is 1. The van der Waals surface area contributed by atoms with E-state index >= 15 is 0 Å². The Labute approximate surface area is 182 Å². The van der Waals surface area contributed by atoms with Crippen LogP contribution in [0.15, 0.2) is 57.2 Å². The first kappa shape index (κ1) is 22.3. The molecule has 0 saturated heterocycles. The van der Waals surface area contributed by atoms with Gasteiger partial charge >= 0.3 is 0 Å². The highest BCUT2D eigenvalue weighted by atomic mass is 16.2. The van der Waals surface area contributed by atoms with E-state index in [2.05, 4.69) is 38.0 Å². The van der Waals surface area contributed by atoms with Crippen LogP contribution in [0.2, 0.25) is 0 Å². The Bertz CT molecular complexity index is 1230. The van der Waals surface area contributed by atoms with Crippen LogP contribution < -0.4 is 27.2 Å². The number of anilines is 3. The smallest absolute Gasteiger partial charge is 0.253 e. The second kappa shape index (κ2) is 7.69. The zero-order chi connectivity index (χ0) is 23.2. The monoisotopic (exact) mass is 419 g/mol. The minimum absolute atomic E-state index is 0.138. The summed E-state index contributed by atoms with van der Waals surface area (Å²) in [6.45, 7) is 16.0. The molecule has 162 valence electrons. The van der Waals surface area contributed by atoms with E-state index in [4.69, 9.17) is 5.73 Å². The number of hydrogen-bond acceptors (Lipinski definition) is 5. The topological polar surface area (TPSA) is 101 Å². The van der Waals surface area contributed by atoms with Crippen LogP contribution in [0.3, 0.4) is 0 Å². The molecule has 0 saturated carbocycles. The van der Waals surface area contributed by atoms with Crippen LogP contribution in [-0.4, -0.2) is 11.9 Å². The summed E-state index contributed by atoms with van der Waals surface area (Å²) < 4.78 is 0. The number of amides is 1. The van der Waals surface area contributed by atoms with Crippen LogP contribution >= 0.6 is 0 Å². The van der Waals surface area contributed by atoms with Crippen LogP contribution in [0, 0.1) is 19.3 Å². The number of allylic oxidation sites excluding steroid dienone is 3. The number of nitrogens with two attached hydrogens (primary N) is 1. The van der Waals surface area contributed by atoms with E-state index in [9.17, 15) is 14.4 Å². The van der Waals surface area contributed by atoms with Gasteiger partial charge in [-0.3, -0.25) is 14.4 Å². The highest BCUT2D eigenvalue weighted by Gasteiger charge is 2.34. The number of primary amides is 1. The van der Waals surface area contributed by atoms with Gasteiger partial charge in [-0.05, 0) is 60.1 Å². The van der Waals surface area contributed by atoms with Crippen LogP contribution in [0.5, 0.6) is 0 Å². The third kappa shape index (κ3) is 3.85. The van der Waals surface area contributed by atoms with Gasteiger partial charge in [0.05, 0.1) is 17.3 Å². The van der Waals surface area contributed by atoms with Gasteiger partial charge < -0.3 is 16.4 Å². The normalized spacial score (nSPS) is 15.0. The highest BCUT2D eigenvalue weighted by Crippen LogP contribution is 2.37. The predicted octanol–water partition coefficient (Wildman–Crippen LogP) is 4.01. The van der Waals surface area contributed by atoms with Crippen molar-refractivity contribution in [2.24, 2.45) is 11.1 Å². The SMILES string of the molecule is C=C1C(C)=CC=C1[C@H](Nc1c(Nc2ccc(C)c(C)c2C(N)=O)c(=O)c1=O)C(C)(C)C. The van der Waals surface area contributed by atoms with E-state index < -0.39 is 16.8 Å². The molecule has 0 heterocycles. The Hall–Kier alpha value is -3.41. The maximum atomic E-state index is 12.5. The lowest BCUT2D eigenvalue weighted by molar-refractivity contribution is 0.100. The second-order valence-corrected chi connectivity index (χ2v) is 9.22. The largest absolute Gasteiger partial charge is 0.373 e. The minimum Gasteiger partial charge on any atom is -0.373 e. The molecule has 6 heteroatoms. The first-order valence-corrected chi connectivity index (χ1v) is 10.2. The Balaban J connectivity index is 2.01. The van der Waals surface area contributed by atoms with Crippen molar-refractivity contribution < 1.29 is 4.79 Å². The second-order valence-electron chi connectivity index (χ2n) is 9.22. The Morgan fingerprint density at radius 3 is 2.16 bits per heavy atom. The fourth-order valence-electron chi connectivity index (χ4n) is 3.84. The summed E-state index contributed by atoms with van der Waals surface area (Å²) in [4.78, 5) is 36.9. The standard InChI is InChI=1S/C25H29N3O3/c1-12-8-10-16(14(12)3)23(25(5,6)7)28-20-19(21(29)22(20)30)27-17-11-9-13(2)15(4)18(17)24(26)31/h8-11,23,27-28H,3H2,1-2,4-7H3,(H2,26,31)/t23-/m0/s1. The first-order chi connectivity index (χ1) is 14.3. The predicted molar refractivity (Wildman–Crippen MR) is 127 cm³/mol. The molecule has 0 fully saturated rings. The molecular formula is C25H29N3O3.